The second-order valence-corrected chi connectivity index (χ2v) is 5.62. The fourth-order valence-corrected chi connectivity index (χ4v) is 2.76. The highest BCUT2D eigenvalue weighted by Gasteiger charge is 2.18. The van der Waals surface area contributed by atoms with Crippen LogP contribution in [-0.2, 0) is 6.54 Å². The second kappa shape index (κ2) is 6.60. The molecular formula is C18H17N3O3. The zero-order valence-corrected chi connectivity index (χ0v) is 13.2. The molecular weight excluding hydrogens is 306 g/mol. The average Bonchev–Trinajstić information content (AvgIpc) is 2.82. The molecule has 0 spiro atoms. The highest BCUT2D eigenvalue weighted by Crippen LogP contribution is 2.30. The molecule has 1 heterocycles. The van der Waals surface area contributed by atoms with E-state index in [4.69, 9.17) is 16.5 Å². The van der Waals surface area contributed by atoms with E-state index in [0.29, 0.717) is 36.7 Å². The summed E-state index contributed by atoms with van der Waals surface area (Å²) >= 11 is 0. The summed E-state index contributed by atoms with van der Waals surface area (Å²) in [6.45, 7) is 10.9. The van der Waals surface area contributed by atoms with Gasteiger partial charge in [0.05, 0.1) is 13.1 Å². The van der Waals surface area contributed by atoms with E-state index in [2.05, 4.69) is 9.74 Å². The summed E-state index contributed by atoms with van der Waals surface area (Å²) in [6.07, 6.45) is 0. The van der Waals surface area contributed by atoms with Crippen LogP contribution in [0.3, 0.4) is 0 Å². The van der Waals surface area contributed by atoms with Gasteiger partial charge in [-0.25, -0.2) is 10.3 Å². The number of benzene rings is 2. The first-order valence-electron chi connectivity index (χ1n) is 7.55. The smallest absolute Gasteiger partial charge is 0.274 e. The maximum absolute atomic E-state index is 11.5. The molecule has 6 heteroatoms. The van der Waals surface area contributed by atoms with Crippen molar-refractivity contribution >= 4 is 17.3 Å². The molecule has 0 atom stereocenters. The number of amides is 1. The minimum absolute atomic E-state index is 0.349. The molecule has 2 aromatic carbocycles. The molecule has 0 aliphatic carbocycles. The normalized spacial score (nSPS) is 13.3. The quantitative estimate of drug-likeness (QED) is 0.506. The van der Waals surface area contributed by atoms with Crippen molar-refractivity contribution in [3.05, 3.63) is 64.5 Å². The lowest BCUT2D eigenvalue weighted by Gasteiger charge is -2.23. The van der Waals surface area contributed by atoms with Crippen LogP contribution in [0.5, 0.6) is 5.75 Å². The lowest BCUT2D eigenvalue weighted by Crippen LogP contribution is -2.25. The van der Waals surface area contributed by atoms with Crippen LogP contribution in [-0.4, -0.2) is 24.3 Å². The zero-order valence-electron chi connectivity index (χ0n) is 13.2. The van der Waals surface area contributed by atoms with Crippen LogP contribution in [0.2, 0.25) is 0 Å². The fraction of sp³-hybridized carbons (Fsp3) is 0.222. The van der Waals surface area contributed by atoms with Crippen LogP contribution in [0.25, 0.3) is 4.85 Å². The molecule has 2 aromatic rings. The van der Waals surface area contributed by atoms with Crippen molar-refractivity contribution in [3.8, 4) is 5.75 Å². The third-order valence-electron chi connectivity index (χ3n) is 4.08. The molecule has 0 unspecified atom stereocenters. The van der Waals surface area contributed by atoms with Gasteiger partial charge in [-0.2, -0.15) is 0 Å². The first kappa shape index (κ1) is 15.8. The van der Waals surface area contributed by atoms with E-state index < -0.39 is 5.91 Å². The van der Waals surface area contributed by atoms with E-state index >= 15 is 0 Å². The van der Waals surface area contributed by atoms with Gasteiger partial charge in [-0.15, -0.1) is 0 Å². The van der Waals surface area contributed by atoms with Gasteiger partial charge >= 0.3 is 0 Å². The van der Waals surface area contributed by atoms with Gasteiger partial charge in [0.25, 0.3) is 5.91 Å². The molecule has 24 heavy (non-hydrogen) atoms. The number of hydrogen-bond acceptors (Lipinski definition) is 4. The Kier molecular flexibility index (Phi) is 4.36. The van der Waals surface area contributed by atoms with Crippen LogP contribution in [0.4, 0.5) is 11.4 Å². The van der Waals surface area contributed by atoms with Gasteiger partial charge in [-0.05, 0) is 36.8 Å². The fourth-order valence-electron chi connectivity index (χ4n) is 2.76. The van der Waals surface area contributed by atoms with Crippen molar-refractivity contribution in [1.29, 1.82) is 0 Å². The van der Waals surface area contributed by atoms with Gasteiger partial charge < -0.3 is 9.64 Å². The Morgan fingerprint density at radius 3 is 2.88 bits per heavy atom. The summed E-state index contributed by atoms with van der Waals surface area (Å²) in [4.78, 5) is 17.2. The van der Waals surface area contributed by atoms with Gasteiger partial charge in [0.2, 0.25) is 0 Å². The minimum Gasteiger partial charge on any atom is -0.491 e. The Balaban J connectivity index is 1.89. The van der Waals surface area contributed by atoms with Crippen molar-refractivity contribution in [3.63, 3.8) is 0 Å². The van der Waals surface area contributed by atoms with E-state index in [9.17, 15) is 4.79 Å². The van der Waals surface area contributed by atoms with E-state index in [1.165, 1.54) is 0 Å². The molecule has 3 rings (SSSR count). The lowest BCUT2D eigenvalue weighted by atomic mass is 10.1. The van der Waals surface area contributed by atoms with Gasteiger partial charge in [-0.1, -0.05) is 12.1 Å². The predicted octanol–water partition coefficient (Wildman–Crippen LogP) is 3.06. The molecule has 0 radical (unpaired) electrons. The number of aryl methyl sites for hydroxylation is 1. The Morgan fingerprint density at radius 1 is 1.33 bits per heavy atom. The third-order valence-corrected chi connectivity index (χ3v) is 4.08. The maximum atomic E-state index is 11.5. The molecule has 0 aromatic heterocycles. The van der Waals surface area contributed by atoms with Crippen LogP contribution in [0.1, 0.15) is 21.5 Å². The largest absolute Gasteiger partial charge is 0.491 e. The summed E-state index contributed by atoms with van der Waals surface area (Å²) in [7, 11) is 0. The number of hydroxylamine groups is 1. The Morgan fingerprint density at radius 2 is 2.17 bits per heavy atom. The average molecular weight is 323 g/mol. The summed E-state index contributed by atoms with van der Waals surface area (Å²) in [6, 6.07) is 10.9. The molecule has 0 fully saturated rings. The first-order chi connectivity index (χ1) is 11.6. The molecule has 1 amide bonds. The molecule has 0 saturated heterocycles. The van der Waals surface area contributed by atoms with Gasteiger partial charge in [0.15, 0.2) is 5.69 Å². The molecule has 1 aliphatic rings. The topological polar surface area (TPSA) is 66.2 Å². The second-order valence-electron chi connectivity index (χ2n) is 5.62. The SMILES string of the molecule is [C-]#[N+]c1ccc(N2CCOc3cc(C(=O)NO)ccc3C2)cc1C. The van der Waals surface area contributed by atoms with Crippen molar-refractivity contribution in [2.24, 2.45) is 0 Å². The first-order valence-corrected chi connectivity index (χ1v) is 7.55. The summed E-state index contributed by atoms with van der Waals surface area (Å²) in [5, 5.41) is 8.74. The maximum Gasteiger partial charge on any atom is 0.274 e. The number of carbonyl (C=O) groups is 1. The van der Waals surface area contributed by atoms with Gasteiger partial charge in [-0.3, -0.25) is 10.0 Å². The van der Waals surface area contributed by atoms with E-state index in [-0.39, 0.29) is 0 Å². The third kappa shape index (κ3) is 3.03. The number of nitrogens with one attached hydrogen (secondary N) is 1. The standard InChI is InChI=1S/C18H17N3O3/c1-12-9-15(5-6-16(12)19-2)21-7-8-24-17-10-13(18(22)20-23)3-4-14(17)11-21/h3-6,9-10,23H,7-8,11H2,1H3,(H,20,22). The number of hydrogen-bond donors (Lipinski definition) is 2. The number of nitrogens with zero attached hydrogens (tertiary/aromatic N) is 2. The van der Waals surface area contributed by atoms with Crippen molar-refractivity contribution in [2.75, 3.05) is 18.1 Å². The zero-order chi connectivity index (χ0) is 17.1. The van der Waals surface area contributed by atoms with Crippen LogP contribution in [0.15, 0.2) is 36.4 Å². The Labute approximate surface area is 140 Å². The Hall–Kier alpha value is -3.04. The Bertz CT molecular complexity index is 827. The summed E-state index contributed by atoms with van der Waals surface area (Å²) < 4.78 is 5.76. The van der Waals surface area contributed by atoms with Gasteiger partial charge in [0, 0.05) is 23.4 Å². The number of rotatable bonds is 2. The van der Waals surface area contributed by atoms with Crippen molar-refractivity contribution in [2.45, 2.75) is 13.5 Å². The molecule has 0 bridgehead atoms. The molecule has 6 nitrogen and oxygen atoms in total. The monoisotopic (exact) mass is 323 g/mol. The number of fused-ring (bicyclic) bond motifs is 1. The van der Waals surface area contributed by atoms with Gasteiger partial charge in [0.1, 0.15) is 12.4 Å². The molecule has 0 saturated carbocycles. The van der Waals surface area contributed by atoms with E-state index in [1.807, 2.05) is 31.2 Å². The molecule has 122 valence electrons. The van der Waals surface area contributed by atoms with Crippen LogP contribution in [0, 0.1) is 13.5 Å². The van der Waals surface area contributed by atoms with Crippen molar-refractivity contribution < 1.29 is 14.7 Å². The molecule has 2 N–H and O–H groups in total. The lowest BCUT2D eigenvalue weighted by molar-refractivity contribution is 0.0706. The number of anilines is 1. The van der Waals surface area contributed by atoms with E-state index in [0.717, 1.165) is 16.8 Å². The number of carbonyl (C=O) groups excluding carboxylic acids is 1. The molecule has 1 aliphatic heterocycles. The highest BCUT2D eigenvalue weighted by molar-refractivity contribution is 5.93. The summed E-state index contributed by atoms with van der Waals surface area (Å²) in [5.41, 5.74) is 5.58. The summed E-state index contributed by atoms with van der Waals surface area (Å²) in [5.74, 6) is 0.0842. The van der Waals surface area contributed by atoms with Crippen LogP contribution < -0.4 is 15.1 Å². The van der Waals surface area contributed by atoms with Crippen molar-refractivity contribution in [1.82, 2.24) is 5.48 Å². The highest BCUT2D eigenvalue weighted by atomic mass is 16.5. The number of ether oxygens (including phenoxy) is 1. The van der Waals surface area contributed by atoms with E-state index in [1.54, 1.807) is 17.6 Å². The van der Waals surface area contributed by atoms with Crippen LogP contribution >= 0.6 is 0 Å². The minimum atomic E-state index is -0.562. The predicted molar refractivity (Wildman–Crippen MR) is 89.7 cm³/mol.